The zero-order valence-corrected chi connectivity index (χ0v) is 19.6. The fraction of sp³-hybridized carbons (Fsp3) is 0.0741. The van der Waals surface area contributed by atoms with E-state index in [0.29, 0.717) is 11.1 Å². The van der Waals surface area contributed by atoms with Crippen LogP contribution in [0.2, 0.25) is 0 Å². The average molecular weight is 550 g/mol. The predicted octanol–water partition coefficient (Wildman–Crippen LogP) is 6.62. The molecule has 202 valence electrons. The number of alkyl halides is 6. The summed E-state index contributed by atoms with van der Waals surface area (Å²) >= 11 is 0. The molecule has 0 aliphatic heterocycles. The number of benzene rings is 3. The van der Waals surface area contributed by atoms with Crippen molar-refractivity contribution in [1.82, 2.24) is 0 Å². The summed E-state index contributed by atoms with van der Waals surface area (Å²) in [7, 11) is 0. The predicted molar refractivity (Wildman–Crippen MR) is 125 cm³/mol. The maximum absolute atomic E-state index is 12.5. The SMILES string of the molecule is C=C(C(=O)Oc1ccc(C(=O)Oc2ccc(-c3ccc(OC(=O)C(=C)C(F)(F)F)cc3)cc2)cc1)C(F)(F)F. The summed E-state index contributed by atoms with van der Waals surface area (Å²) in [5.41, 5.74) is -2.05. The molecule has 0 fully saturated rings. The zero-order chi connectivity index (χ0) is 29.0. The van der Waals surface area contributed by atoms with Gasteiger partial charge in [0, 0.05) is 0 Å². The lowest BCUT2D eigenvalue weighted by atomic mass is 10.1. The van der Waals surface area contributed by atoms with Crippen molar-refractivity contribution in [3.63, 3.8) is 0 Å². The van der Waals surface area contributed by atoms with Gasteiger partial charge in [0.15, 0.2) is 0 Å². The Morgan fingerprint density at radius 2 is 0.821 bits per heavy atom. The van der Waals surface area contributed by atoms with E-state index in [-0.39, 0.29) is 22.8 Å². The molecule has 0 spiro atoms. The zero-order valence-electron chi connectivity index (χ0n) is 19.6. The fourth-order valence-corrected chi connectivity index (χ4v) is 2.82. The summed E-state index contributed by atoms with van der Waals surface area (Å²) in [4.78, 5) is 35.4. The Kier molecular flexibility index (Phi) is 8.28. The van der Waals surface area contributed by atoms with Gasteiger partial charge in [-0.25, -0.2) is 14.4 Å². The Morgan fingerprint density at radius 3 is 1.15 bits per heavy atom. The first-order valence-electron chi connectivity index (χ1n) is 10.6. The Balaban J connectivity index is 1.59. The number of ether oxygens (including phenoxy) is 3. The minimum atomic E-state index is -4.94. The lowest BCUT2D eigenvalue weighted by Gasteiger charge is -2.10. The van der Waals surface area contributed by atoms with Gasteiger partial charge in [-0.05, 0) is 59.7 Å². The lowest BCUT2D eigenvalue weighted by Crippen LogP contribution is -2.23. The van der Waals surface area contributed by atoms with Gasteiger partial charge in [-0.1, -0.05) is 37.4 Å². The normalized spacial score (nSPS) is 11.3. The van der Waals surface area contributed by atoms with E-state index in [0.717, 1.165) is 12.1 Å². The van der Waals surface area contributed by atoms with Crippen LogP contribution in [-0.4, -0.2) is 30.3 Å². The number of carbonyl (C=O) groups is 3. The standard InChI is InChI=1S/C27H16F6O6/c1-15(26(28,29)30)23(34)37-20-9-3-17(4-10-20)18-5-11-22(12-6-18)39-25(36)19-7-13-21(14-8-19)38-24(35)16(2)27(31,32)33/h3-14H,1-2H2. The van der Waals surface area contributed by atoms with Crippen LogP contribution in [0.25, 0.3) is 11.1 Å². The van der Waals surface area contributed by atoms with E-state index < -0.39 is 41.4 Å². The molecule has 0 radical (unpaired) electrons. The number of esters is 3. The first kappa shape index (κ1) is 28.7. The van der Waals surface area contributed by atoms with Crippen LogP contribution < -0.4 is 14.2 Å². The number of rotatable bonds is 7. The molecule has 0 bridgehead atoms. The molecule has 0 amide bonds. The Morgan fingerprint density at radius 1 is 0.513 bits per heavy atom. The Labute approximate surface area is 216 Å². The summed E-state index contributed by atoms with van der Waals surface area (Å²) in [6.45, 7) is 5.31. The molecule has 3 rings (SSSR count). The maximum Gasteiger partial charge on any atom is 0.422 e. The van der Waals surface area contributed by atoms with Crippen molar-refractivity contribution in [2.24, 2.45) is 0 Å². The quantitative estimate of drug-likeness (QED) is 0.142. The second kappa shape index (κ2) is 11.3. The molecular formula is C27H16F6O6. The molecule has 39 heavy (non-hydrogen) atoms. The summed E-state index contributed by atoms with van der Waals surface area (Å²) in [6, 6.07) is 16.3. The topological polar surface area (TPSA) is 78.9 Å². The van der Waals surface area contributed by atoms with Crippen molar-refractivity contribution in [2.75, 3.05) is 0 Å². The van der Waals surface area contributed by atoms with Gasteiger partial charge in [-0.15, -0.1) is 0 Å². The van der Waals surface area contributed by atoms with E-state index in [4.69, 9.17) is 4.74 Å². The smallest absolute Gasteiger partial charge is 0.422 e. The summed E-state index contributed by atoms with van der Waals surface area (Å²) in [5.74, 6) is -4.31. The highest BCUT2D eigenvalue weighted by Crippen LogP contribution is 2.29. The number of halogens is 6. The number of hydrogen-bond donors (Lipinski definition) is 0. The van der Waals surface area contributed by atoms with Crippen LogP contribution in [0.3, 0.4) is 0 Å². The van der Waals surface area contributed by atoms with E-state index in [2.05, 4.69) is 22.6 Å². The molecule has 0 N–H and O–H groups in total. The van der Waals surface area contributed by atoms with Gasteiger partial charge in [-0.3, -0.25) is 0 Å². The molecule has 0 aliphatic carbocycles. The third-order valence-corrected chi connectivity index (χ3v) is 4.94. The summed E-state index contributed by atoms with van der Waals surface area (Å²) in [5, 5.41) is 0. The van der Waals surface area contributed by atoms with Crippen molar-refractivity contribution >= 4 is 17.9 Å². The van der Waals surface area contributed by atoms with E-state index >= 15 is 0 Å². The summed E-state index contributed by atoms with van der Waals surface area (Å²) in [6.07, 6.45) is -9.85. The average Bonchev–Trinajstić information content (AvgIpc) is 2.88. The molecule has 12 heteroatoms. The molecule has 3 aromatic carbocycles. The van der Waals surface area contributed by atoms with Gasteiger partial charge in [0.25, 0.3) is 0 Å². The van der Waals surface area contributed by atoms with Crippen molar-refractivity contribution < 1.29 is 54.9 Å². The monoisotopic (exact) mass is 550 g/mol. The molecule has 0 unspecified atom stereocenters. The van der Waals surface area contributed by atoms with Crippen LogP contribution in [0.4, 0.5) is 26.3 Å². The van der Waals surface area contributed by atoms with E-state index in [1.54, 1.807) is 12.1 Å². The third kappa shape index (κ3) is 7.57. The van der Waals surface area contributed by atoms with Crippen molar-refractivity contribution in [3.05, 3.63) is 103 Å². The minimum absolute atomic E-state index is 0.0202. The third-order valence-electron chi connectivity index (χ3n) is 4.94. The van der Waals surface area contributed by atoms with E-state index in [1.165, 1.54) is 48.5 Å². The van der Waals surface area contributed by atoms with Crippen molar-refractivity contribution in [2.45, 2.75) is 12.4 Å². The second-order valence-electron chi connectivity index (χ2n) is 7.69. The van der Waals surface area contributed by atoms with Gasteiger partial charge >= 0.3 is 30.3 Å². The fourth-order valence-electron chi connectivity index (χ4n) is 2.82. The maximum atomic E-state index is 12.5. The van der Waals surface area contributed by atoms with Crippen LogP contribution in [-0.2, 0) is 9.59 Å². The van der Waals surface area contributed by atoms with Crippen LogP contribution in [0.1, 0.15) is 10.4 Å². The highest BCUT2D eigenvalue weighted by Gasteiger charge is 2.39. The van der Waals surface area contributed by atoms with Gasteiger partial charge in [0.1, 0.15) is 28.4 Å². The van der Waals surface area contributed by atoms with E-state index in [9.17, 15) is 40.7 Å². The molecule has 6 nitrogen and oxygen atoms in total. The highest BCUT2D eigenvalue weighted by molar-refractivity contribution is 5.93. The van der Waals surface area contributed by atoms with Crippen LogP contribution in [0, 0.1) is 0 Å². The molecule has 0 aliphatic rings. The number of hydrogen-bond acceptors (Lipinski definition) is 6. The Hall–Kier alpha value is -4.87. The molecule has 0 atom stereocenters. The van der Waals surface area contributed by atoms with Gasteiger partial charge < -0.3 is 14.2 Å². The van der Waals surface area contributed by atoms with Gasteiger partial charge in [-0.2, -0.15) is 26.3 Å². The molecule has 0 heterocycles. The molecule has 0 saturated carbocycles. The molecule has 0 saturated heterocycles. The highest BCUT2D eigenvalue weighted by atomic mass is 19.4. The van der Waals surface area contributed by atoms with Crippen LogP contribution in [0.15, 0.2) is 97.1 Å². The minimum Gasteiger partial charge on any atom is -0.423 e. The largest absolute Gasteiger partial charge is 0.423 e. The first-order chi connectivity index (χ1) is 18.1. The lowest BCUT2D eigenvalue weighted by molar-refractivity contribution is -0.143. The molecule has 0 aromatic heterocycles. The van der Waals surface area contributed by atoms with Crippen LogP contribution >= 0.6 is 0 Å². The van der Waals surface area contributed by atoms with Crippen molar-refractivity contribution in [3.8, 4) is 28.4 Å². The first-order valence-corrected chi connectivity index (χ1v) is 10.6. The molecular weight excluding hydrogens is 534 g/mol. The van der Waals surface area contributed by atoms with Crippen molar-refractivity contribution in [1.29, 1.82) is 0 Å². The molecule has 3 aromatic rings. The second-order valence-corrected chi connectivity index (χ2v) is 7.69. The summed E-state index contributed by atoms with van der Waals surface area (Å²) < 4.78 is 89.6. The van der Waals surface area contributed by atoms with Gasteiger partial charge in [0.2, 0.25) is 0 Å². The van der Waals surface area contributed by atoms with E-state index in [1.807, 2.05) is 0 Å². The van der Waals surface area contributed by atoms with Crippen LogP contribution in [0.5, 0.6) is 17.2 Å². The number of carbonyl (C=O) groups excluding carboxylic acids is 3. The Bertz CT molecular complexity index is 1400. The van der Waals surface area contributed by atoms with Gasteiger partial charge in [0.05, 0.1) is 5.56 Å².